The summed E-state index contributed by atoms with van der Waals surface area (Å²) in [7, 11) is 1.83. The molecule has 0 radical (unpaired) electrons. The van der Waals surface area contributed by atoms with Crippen molar-refractivity contribution in [3.8, 4) is 11.3 Å². The predicted molar refractivity (Wildman–Crippen MR) is 101 cm³/mol. The van der Waals surface area contributed by atoms with Crippen LogP contribution in [0.2, 0.25) is 0 Å². The third-order valence-electron chi connectivity index (χ3n) is 6.57. The standard InChI is InChI=1S/C21H22FN5O/c1-12-26-27(4)19(28-12)23-21-10-9-15(20(21,2)3)14-11-17(24-25-18(14)21)13-7-5-6-8-16(13)22/h5-8,11,15H,9-10H2,1-4H3/t15-,21-/m0/s1. The van der Waals surface area contributed by atoms with Gasteiger partial charge in [0, 0.05) is 24.9 Å². The number of fused-ring (bicyclic) bond motifs is 5. The van der Waals surface area contributed by atoms with Crippen molar-refractivity contribution in [3.63, 3.8) is 0 Å². The predicted octanol–water partition coefficient (Wildman–Crippen LogP) is 3.63. The Morgan fingerprint density at radius 1 is 1.25 bits per heavy atom. The summed E-state index contributed by atoms with van der Waals surface area (Å²) in [6, 6.07) is 8.67. The lowest BCUT2D eigenvalue weighted by Gasteiger charge is -2.33. The van der Waals surface area contributed by atoms with Crippen molar-refractivity contribution in [2.75, 3.05) is 0 Å². The van der Waals surface area contributed by atoms with Crippen LogP contribution in [0.3, 0.4) is 0 Å². The van der Waals surface area contributed by atoms with Crippen LogP contribution in [0.25, 0.3) is 11.3 Å². The number of benzene rings is 1. The van der Waals surface area contributed by atoms with Gasteiger partial charge in [0.25, 0.3) is 0 Å². The second-order valence-electron chi connectivity index (χ2n) is 8.33. The van der Waals surface area contributed by atoms with E-state index in [0.29, 0.717) is 28.8 Å². The smallest absolute Gasteiger partial charge is 0.315 e. The van der Waals surface area contributed by atoms with Gasteiger partial charge in [-0.25, -0.2) is 14.1 Å². The molecule has 2 bridgehead atoms. The Labute approximate surface area is 162 Å². The first-order chi connectivity index (χ1) is 13.3. The Balaban J connectivity index is 1.72. The Hall–Kier alpha value is -2.83. The van der Waals surface area contributed by atoms with Crippen LogP contribution in [0.15, 0.2) is 39.7 Å². The Morgan fingerprint density at radius 3 is 2.75 bits per heavy atom. The van der Waals surface area contributed by atoms with Crippen LogP contribution in [-0.4, -0.2) is 20.0 Å². The second kappa shape index (κ2) is 5.59. The lowest BCUT2D eigenvalue weighted by Crippen LogP contribution is -2.36. The van der Waals surface area contributed by atoms with Crippen molar-refractivity contribution in [2.45, 2.75) is 45.1 Å². The summed E-state index contributed by atoms with van der Waals surface area (Å²) in [5.74, 6) is 0.577. The molecule has 1 saturated carbocycles. The molecule has 2 aliphatic carbocycles. The molecular weight excluding hydrogens is 357 g/mol. The molecule has 0 unspecified atom stereocenters. The fraction of sp³-hybridized carbons (Fsp3) is 0.429. The molecule has 6 nitrogen and oxygen atoms in total. The fourth-order valence-electron chi connectivity index (χ4n) is 5.07. The highest BCUT2D eigenvalue weighted by Crippen LogP contribution is 2.67. The summed E-state index contributed by atoms with van der Waals surface area (Å²) in [5, 5.41) is 13.2. The molecule has 0 N–H and O–H groups in total. The minimum atomic E-state index is -0.516. The average molecular weight is 379 g/mol. The Bertz CT molecular complexity index is 1160. The van der Waals surface area contributed by atoms with Crippen molar-refractivity contribution in [3.05, 3.63) is 59.0 Å². The highest BCUT2D eigenvalue weighted by Gasteiger charge is 2.64. The van der Waals surface area contributed by atoms with Gasteiger partial charge in [0.05, 0.1) is 11.4 Å². The first-order valence-electron chi connectivity index (χ1n) is 9.53. The molecule has 1 fully saturated rings. The van der Waals surface area contributed by atoms with Gasteiger partial charge >= 0.3 is 5.68 Å². The molecule has 0 aliphatic heterocycles. The van der Waals surface area contributed by atoms with Crippen molar-refractivity contribution >= 4 is 0 Å². The molecule has 2 aromatic heterocycles. The number of rotatable bonds is 2. The van der Waals surface area contributed by atoms with E-state index in [1.807, 2.05) is 26.1 Å². The molecule has 7 heteroatoms. The van der Waals surface area contributed by atoms with E-state index in [4.69, 9.17) is 9.41 Å². The summed E-state index contributed by atoms with van der Waals surface area (Å²) in [5.41, 5.74) is 2.86. The van der Waals surface area contributed by atoms with E-state index in [2.05, 4.69) is 29.1 Å². The third-order valence-corrected chi connectivity index (χ3v) is 6.57. The van der Waals surface area contributed by atoms with Crippen LogP contribution in [-0.2, 0) is 12.6 Å². The molecular formula is C21H22FN5O. The average Bonchev–Trinajstić information content (AvgIpc) is 3.17. The van der Waals surface area contributed by atoms with Crippen molar-refractivity contribution in [2.24, 2.45) is 17.5 Å². The van der Waals surface area contributed by atoms with Gasteiger partial charge < -0.3 is 4.42 Å². The lowest BCUT2D eigenvalue weighted by molar-refractivity contribution is 0.200. The maximum absolute atomic E-state index is 14.3. The maximum Gasteiger partial charge on any atom is 0.315 e. The second-order valence-corrected chi connectivity index (χ2v) is 8.33. The topological polar surface area (TPSA) is 69.1 Å². The number of halogens is 1. The van der Waals surface area contributed by atoms with Crippen LogP contribution >= 0.6 is 0 Å². The largest absolute Gasteiger partial charge is 0.408 e. The van der Waals surface area contributed by atoms with Gasteiger partial charge in [0.2, 0.25) is 5.89 Å². The van der Waals surface area contributed by atoms with E-state index in [1.165, 1.54) is 6.07 Å². The van der Waals surface area contributed by atoms with Crippen LogP contribution in [0.5, 0.6) is 0 Å². The molecule has 0 amide bonds. The SMILES string of the molecule is Cc1nn(C)c(=N[C@@]23CC[C@@H](c4cc(-c5ccccc5F)nnc42)C3(C)C)o1. The number of aryl methyl sites for hydroxylation is 2. The molecule has 3 aromatic rings. The summed E-state index contributed by atoms with van der Waals surface area (Å²) >= 11 is 0. The maximum atomic E-state index is 14.3. The van der Waals surface area contributed by atoms with Gasteiger partial charge in [-0.3, -0.25) is 0 Å². The van der Waals surface area contributed by atoms with Crippen molar-refractivity contribution in [1.82, 2.24) is 20.0 Å². The highest BCUT2D eigenvalue weighted by molar-refractivity contribution is 5.62. The van der Waals surface area contributed by atoms with Crippen molar-refractivity contribution in [1.29, 1.82) is 0 Å². The summed E-state index contributed by atoms with van der Waals surface area (Å²) in [6.45, 7) is 6.26. The molecule has 2 aliphatic rings. The van der Waals surface area contributed by atoms with E-state index < -0.39 is 5.54 Å². The zero-order valence-electron chi connectivity index (χ0n) is 16.4. The fourth-order valence-corrected chi connectivity index (χ4v) is 5.07. The molecule has 28 heavy (non-hydrogen) atoms. The summed E-state index contributed by atoms with van der Waals surface area (Å²) < 4.78 is 21.7. The Morgan fingerprint density at radius 2 is 2.04 bits per heavy atom. The molecule has 2 atom stereocenters. The highest BCUT2D eigenvalue weighted by atomic mass is 19.1. The number of hydrogen-bond acceptors (Lipinski definition) is 5. The van der Waals surface area contributed by atoms with E-state index in [9.17, 15) is 4.39 Å². The minimum Gasteiger partial charge on any atom is -0.408 e. The first kappa shape index (κ1) is 17.3. The lowest BCUT2D eigenvalue weighted by atomic mass is 9.75. The number of aromatic nitrogens is 4. The zero-order valence-corrected chi connectivity index (χ0v) is 16.4. The molecule has 1 aromatic carbocycles. The zero-order chi connectivity index (χ0) is 19.7. The van der Waals surface area contributed by atoms with Gasteiger partial charge in [0.1, 0.15) is 11.4 Å². The van der Waals surface area contributed by atoms with Crippen LogP contribution < -0.4 is 5.68 Å². The van der Waals surface area contributed by atoms with Crippen LogP contribution in [0.4, 0.5) is 4.39 Å². The van der Waals surface area contributed by atoms with Crippen LogP contribution in [0, 0.1) is 18.2 Å². The normalized spacial score (nSPS) is 25.3. The minimum absolute atomic E-state index is 0.147. The van der Waals surface area contributed by atoms with E-state index in [0.717, 1.165) is 24.1 Å². The monoisotopic (exact) mass is 379 g/mol. The number of nitrogens with zero attached hydrogens (tertiary/aromatic N) is 5. The van der Waals surface area contributed by atoms with Gasteiger partial charge in [-0.15, -0.1) is 5.10 Å². The Kier molecular flexibility index (Phi) is 3.45. The van der Waals surface area contributed by atoms with Gasteiger partial charge in [-0.05, 0) is 42.5 Å². The van der Waals surface area contributed by atoms with Gasteiger partial charge in [-0.1, -0.05) is 26.0 Å². The van der Waals surface area contributed by atoms with Gasteiger partial charge in [0.15, 0.2) is 0 Å². The third kappa shape index (κ3) is 2.13. The molecule has 0 spiro atoms. The summed E-state index contributed by atoms with van der Waals surface area (Å²) in [6.07, 6.45) is 1.88. The van der Waals surface area contributed by atoms with Crippen molar-refractivity contribution < 1.29 is 8.81 Å². The van der Waals surface area contributed by atoms with Gasteiger partial charge in [-0.2, -0.15) is 10.2 Å². The number of hydrogen-bond donors (Lipinski definition) is 0. The molecule has 5 rings (SSSR count). The van der Waals surface area contributed by atoms with E-state index in [-0.39, 0.29) is 11.2 Å². The van der Waals surface area contributed by atoms with E-state index >= 15 is 0 Å². The van der Waals surface area contributed by atoms with E-state index in [1.54, 1.807) is 16.8 Å². The first-order valence-corrected chi connectivity index (χ1v) is 9.53. The molecule has 2 heterocycles. The molecule has 144 valence electrons. The van der Waals surface area contributed by atoms with Crippen LogP contribution in [0.1, 0.15) is 49.8 Å². The molecule has 0 saturated heterocycles. The summed E-state index contributed by atoms with van der Waals surface area (Å²) in [4.78, 5) is 5.04. The quantitative estimate of drug-likeness (QED) is 0.682.